The second-order valence-electron chi connectivity index (χ2n) is 8.22. The van der Waals surface area contributed by atoms with Crippen molar-refractivity contribution < 1.29 is 14.3 Å². The first kappa shape index (κ1) is 21.8. The third-order valence-corrected chi connectivity index (χ3v) is 6.04. The van der Waals surface area contributed by atoms with Crippen LogP contribution in [0.25, 0.3) is 16.5 Å². The molecular weight excluding hydrogens is 426 g/mol. The Bertz CT molecular complexity index is 1330. The number of benzene rings is 2. The molecule has 2 aromatic heterocycles. The number of H-pyrrole nitrogens is 1. The van der Waals surface area contributed by atoms with Gasteiger partial charge in [0.15, 0.2) is 11.5 Å². The van der Waals surface area contributed by atoms with Crippen molar-refractivity contribution in [3.8, 4) is 11.5 Å². The molecule has 1 aliphatic rings. The quantitative estimate of drug-likeness (QED) is 0.403. The zero-order valence-electron chi connectivity index (χ0n) is 19.2. The predicted molar refractivity (Wildman–Crippen MR) is 133 cm³/mol. The molecule has 2 aromatic carbocycles. The van der Waals surface area contributed by atoms with Crippen LogP contribution in [0.3, 0.4) is 0 Å². The molecule has 0 saturated heterocycles. The van der Waals surface area contributed by atoms with Crippen LogP contribution in [-0.2, 0) is 6.61 Å². The fraction of sp³-hybridized carbons (Fsp3) is 0.214. The van der Waals surface area contributed by atoms with Crippen LogP contribution in [0.5, 0.6) is 11.5 Å². The normalized spacial score (nSPS) is 13.6. The molecular formula is C28H27N3O3. The molecule has 5 rings (SSSR count). The molecule has 4 aromatic rings. The minimum atomic E-state index is -0.00557. The fourth-order valence-electron chi connectivity index (χ4n) is 4.29. The number of carbonyl (C=O) groups excluding carboxylic acids is 1. The predicted octanol–water partition coefficient (Wildman–Crippen LogP) is 5.47. The van der Waals surface area contributed by atoms with Crippen molar-refractivity contribution in [3.63, 3.8) is 0 Å². The number of rotatable bonds is 7. The van der Waals surface area contributed by atoms with E-state index >= 15 is 0 Å². The maximum atomic E-state index is 13.2. The monoisotopic (exact) mass is 453 g/mol. The van der Waals surface area contributed by atoms with Gasteiger partial charge in [0.25, 0.3) is 5.91 Å². The van der Waals surface area contributed by atoms with Crippen molar-refractivity contribution in [1.82, 2.24) is 14.9 Å². The van der Waals surface area contributed by atoms with Gasteiger partial charge in [-0.25, -0.2) is 0 Å². The largest absolute Gasteiger partial charge is 0.490 e. The Hall–Kier alpha value is -4.06. The summed E-state index contributed by atoms with van der Waals surface area (Å²) in [5, 5.41) is 1.22. The number of nitrogens with one attached hydrogen (secondary N) is 1. The zero-order chi connectivity index (χ0) is 23.3. The summed E-state index contributed by atoms with van der Waals surface area (Å²) in [6, 6.07) is 17.5. The number of amides is 1. The second kappa shape index (κ2) is 9.83. The van der Waals surface area contributed by atoms with E-state index in [4.69, 9.17) is 9.47 Å². The minimum Gasteiger partial charge on any atom is -0.490 e. The van der Waals surface area contributed by atoms with Crippen LogP contribution in [0.15, 0.2) is 79.3 Å². The Morgan fingerprint density at radius 1 is 1.09 bits per heavy atom. The average molecular weight is 454 g/mol. The highest BCUT2D eigenvalue weighted by molar-refractivity contribution is 5.96. The number of hydrogen-bond acceptors (Lipinski definition) is 4. The molecule has 0 bridgehead atoms. The smallest absolute Gasteiger partial charge is 0.254 e. The van der Waals surface area contributed by atoms with Crippen LogP contribution in [0.2, 0.25) is 0 Å². The topological polar surface area (TPSA) is 67.5 Å². The van der Waals surface area contributed by atoms with E-state index in [2.05, 4.69) is 40.4 Å². The average Bonchev–Trinajstić information content (AvgIpc) is 3.33. The highest BCUT2D eigenvalue weighted by Crippen LogP contribution is 2.32. The summed E-state index contributed by atoms with van der Waals surface area (Å²) in [5.74, 6) is 1.18. The minimum absolute atomic E-state index is 0.00557. The molecule has 3 heterocycles. The highest BCUT2D eigenvalue weighted by atomic mass is 16.5. The number of aromatic amines is 1. The van der Waals surface area contributed by atoms with Gasteiger partial charge in [-0.2, -0.15) is 0 Å². The summed E-state index contributed by atoms with van der Waals surface area (Å²) in [6.07, 6.45) is 8.54. The number of pyridine rings is 1. The molecule has 0 radical (unpaired) electrons. The van der Waals surface area contributed by atoms with E-state index in [1.54, 1.807) is 18.5 Å². The number of fused-ring (bicyclic) bond motifs is 1. The third-order valence-electron chi connectivity index (χ3n) is 6.04. The lowest BCUT2D eigenvalue weighted by Crippen LogP contribution is -2.34. The number of carbonyl (C=O) groups is 1. The summed E-state index contributed by atoms with van der Waals surface area (Å²) in [4.78, 5) is 22.6. The van der Waals surface area contributed by atoms with Gasteiger partial charge in [0, 0.05) is 59.3 Å². The molecule has 0 atom stereocenters. The maximum absolute atomic E-state index is 13.2. The summed E-state index contributed by atoms with van der Waals surface area (Å²) >= 11 is 0. The molecule has 0 spiro atoms. The van der Waals surface area contributed by atoms with E-state index in [0.717, 1.165) is 17.5 Å². The Morgan fingerprint density at radius 3 is 2.79 bits per heavy atom. The summed E-state index contributed by atoms with van der Waals surface area (Å²) in [7, 11) is 0. The fourth-order valence-corrected chi connectivity index (χ4v) is 4.29. The van der Waals surface area contributed by atoms with Gasteiger partial charge in [-0.15, -0.1) is 0 Å². The van der Waals surface area contributed by atoms with E-state index in [9.17, 15) is 4.79 Å². The molecule has 0 fully saturated rings. The number of para-hydroxylation sites is 1. The van der Waals surface area contributed by atoms with Crippen LogP contribution >= 0.6 is 0 Å². The van der Waals surface area contributed by atoms with Gasteiger partial charge in [-0.3, -0.25) is 9.78 Å². The number of hydrogen-bond donors (Lipinski definition) is 1. The molecule has 0 saturated carbocycles. The van der Waals surface area contributed by atoms with E-state index < -0.39 is 0 Å². The van der Waals surface area contributed by atoms with Crippen molar-refractivity contribution in [3.05, 3.63) is 96.0 Å². The van der Waals surface area contributed by atoms with Crippen molar-refractivity contribution in [2.45, 2.75) is 20.0 Å². The lowest BCUT2D eigenvalue weighted by Gasteiger charge is -2.27. The molecule has 0 unspecified atom stereocenters. The Kier molecular flexibility index (Phi) is 6.29. The number of nitrogens with zero attached hydrogens (tertiary/aromatic N) is 2. The van der Waals surface area contributed by atoms with Crippen LogP contribution in [0.1, 0.15) is 34.8 Å². The van der Waals surface area contributed by atoms with Crippen molar-refractivity contribution >= 4 is 22.4 Å². The van der Waals surface area contributed by atoms with Gasteiger partial charge < -0.3 is 19.4 Å². The molecule has 6 nitrogen and oxygen atoms in total. The van der Waals surface area contributed by atoms with Crippen LogP contribution in [-0.4, -0.2) is 40.5 Å². The van der Waals surface area contributed by atoms with E-state index in [-0.39, 0.29) is 5.91 Å². The van der Waals surface area contributed by atoms with Crippen molar-refractivity contribution in [2.75, 3.05) is 19.7 Å². The van der Waals surface area contributed by atoms with Gasteiger partial charge in [0.05, 0.1) is 6.61 Å². The van der Waals surface area contributed by atoms with Crippen LogP contribution < -0.4 is 9.47 Å². The summed E-state index contributed by atoms with van der Waals surface area (Å²) in [5.41, 5.74) is 5.19. The lowest BCUT2D eigenvalue weighted by molar-refractivity contribution is 0.0772. The van der Waals surface area contributed by atoms with Gasteiger partial charge in [-0.05, 0) is 49.2 Å². The first-order valence-electron chi connectivity index (χ1n) is 11.6. The molecule has 6 heteroatoms. The SMILES string of the molecule is CCOc1cc(C(=O)N2CC=C(c3c[nH]c4ccccc34)CC2)ccc1OCc1cccnc1. The number of ether oxygens (including phenoxy) is 2. The van der Waals surface area contributed by atoms with Crippen LogP contribution in [0, 0.1) is 0 Å². The van der Waals surface area contributed by atoms with Gasteiger partial charge >= 0.3 is 0 Å². The summed E-state index contributed by atoms with van der Waals surface area (Å²) in [6.45, 7) is 4.04. The highest BCUT2D eigenvalue weighted by Gasteiger charge is 2.22. The van der Waals surface area contributed by atoms with Crippen LogP contribution in [0.4, 0.5) is 0 Å². The summed E-state index contributed by atoms with van der Waals surface area (Å²) < 4.78 is 11.7. The standard InChI is InChI=1S/C28H27N3O3/c1-2-33-27-16-22(9-10-26(27)34-19-20-6-5-13-29-17-20)28(32)31-14-11-21(12-15-31)24-18-30-25-8-4-3-7-23(24)25/h3-11,13,16-18,30H,2,12,14-15,19H2,1H3. The Labute approximate surface area is 198 Å². The Morgan fingerprint density at radius 2 is 2.00 bits per heavy atom. The number of aromatic nitrogens is 2. The second-order valence-corrected chi connectivity index (χ2v) is 8.22. The maximum Gasteiger partial charge on any atom is 0.254 e. The van der Waals surface area contributed by atoms with Gasteiger partial charge in [0.1, 0.15) is 6.61 Å². The molecule has 1 amide bonds. The van der Waals surface area contributed by atoms with Crippen molar-refractivity contribution in [2.24, 2.45) is 0 Å². The molecule has 1 aliphatic heterocycles. The third kappa shape index (κ3) is 4.53. The Balaban J connectivity index is 1.30. The lowest BCUT2D eigenvalue weighted by atomic mass is 9.98. The van der Waals surface area contributed by atoms with E-state index in [1.807, 2.05) is 42.2 Å². The van der Waals surface area contributed by atoms with E-state index in [1.165, 1.54) is 16.5 Å². The van der Waals surface area contributed by atoms with Gasteiger partial charge in [-0.1, -0.05) is 30.3 Å². The molecule has 0 aliphatic carbocycles. The molecule has 34 heavy (non-hydrogen) atoms. The van der Waals surface area contributed by atoms with E-state index in [0.29, 0.717) is 43.4 Å². The molecule has 1 N–H and O–H groups in total. The zero-order valence-corrected chi connectivity index (χ0v) is 19.2. The first-order valence-corrected chi connectivity index (χ1v) is 11.6. The van der Waals surface area contributed by atoms with Crippen molar-refractivity contribution in [1.29, 1.82) is 0 Å². The molecule has 172 valence electrons. The first-order chi connectivity index (χ1) is 16.7. The van der Waals surface area contributed by atoms with Gasteiger partial charge in [0.2, 0.25) is 0 Å².